The molecule has 2 nitrogen and oxygen atoms in total. The van der Waals surface area contributed by atoms with Crippen molar-refractivity contribution in [2.45, 2.75) is 13.1 Å². The maximum Gasteiger partial charge on any atom is 0.0542 e. The third-order valence-corrected chi connectivity index (χ3v) is 3.76. The number of aromatic nitrogens is 1. The van der Waals surface area contributed by atoms with Gasteiger partial charge in [0.15, 0.2) is 0 Å². The van der Waals surface area contributed by atoms with E-state index >= 15 is 0 Å². The van der Waals surface area contributed by atoms with Crippen LogP contribution in [0.25, 0.3) is 10.8 Å². The van der Waals surface area contributed by atoms with E-state index in [0.717, 1.165) is 23.3 Å². The molecule has 3 heteroatoms. The summed E-state index contributed by atoms with van der Waals surface area (Å²) in [5.74, 6) is 0. The summed E-state index contributed by atoms with van der Waals surface area (Å²) in [6.07, 6.45) is 1.83. The van der Waals surface area contributed by atoms with Crippen LogP contribution in [0.5, 0.6) is 0 Å². The average molecular weight is 327 g/mol. The fraction of sp³-hybridized carbons (Fsp3) is 0.118. The quantitative estimate of drug-likeness (QED) is 0.773. The van der Waals surface area contributed by atoms with Crippen molar-refractivity contribution in [2.24, 2.45) is 0 Å². The smallest absolute Gasteiger partial charge is 0.0542 e. The first kappa shape index (κ1) is 13.3. The van der Waals surface area contributed by atoms with Crippen LogP contribution in [0.3, 0.4) is 0 Å². The molecule has 100 valence electrons. The lowest BCUT2D eigenvalue weighted by molar-refractivity contribution is 0.682. The molecular formula is C17H15BrN2. The molecule has 1 heterocycles. The molecule has 3 aromatic rings. The van der Waals surface area contributed by atoms with Gasteiger partial charge in [-0.3, -0.25) is 4.98 Å². The highest BCUT2D eigenvalue weighted by atomic mass is 79.9. The Morgan fingerprint density at radius 1 is 0.900 bits per heavy atom. The molecule has 0 amide bonds. The Labute approximate surface area is 127 Å². The van der Waals surface area contributed by atoms with Crippen LogP contribution >= 0.6 is 15.9 Å². The van der Waals surface area contributed by atoms with E-state index in [-0.39, 0.29) is 0 Å². The standard InChI is InChI=1S/C17H15BrN2/c18-15-8-9-16(20-11-15)12-19-10-14-6-3-5-13-4-1-2-7-17(13)14/h1-9,11,19H,10,12H2. The molecule has 20 heavy (non-hydrogen) atoms. The fourth-order valence-electron chi connectivity index (χ4n) is 2.28. The van der Waals surface area contributed by atoms with Crippen LogP contribution < -0.4 is 5.32 Å². The Kier molecular flexibility index (Phi) is 4.09. The lowest BCUT2D eigenvalue weighted by Crippen LogP contribution is -2.13. The first-order valence-corrected chi connectivity index (χ1v) is 7.40. The van der Waals surface area contributed by atoms with Crippen molar-refractivity contribution < 1.29 is 0 Å². The van der Waals surface area contributed by atoms with Crippen LogP contribution in [-0.2, 0) is 13.1 Å². The highest BCUT2D eigenvalue weighted by Crippen LogP contribution is 2.18. The molecule has 3 rings (SSSR count). The molecule has 0 aliphatic carbocycles. The molecule has 0 aliphatic rings. The number of pyridine rings is 1. The molecule has 0 aliphatic heterocycles. The summed E-state index contributed by atoms with van der Waals surface area (Å²) in [6.45, 7) is 1.62. The number of fused-ring (bicyclic) bond motifs is 1. The topological polar surface area (TPSA) is 24.9 Å². The van der Waals surface area contributed by atoms with Gasteiger partial charge in [-0.15, -0.1) is 0 Å². The Bertz CT molecular complexity index is 702. The number of benzene rings is 2. The lowest BCUT2D eigenvalue weighted by Gasteiger charge is -2.08. The number of hydrogen-bond donors (Lipinski definition) is 1. The molecule has 0 unspecified atom stereocenters. The normalized spacial score (nSPS) is 10.8. The van der Waals surface area contributed by atoms with Crippen molar-refractivity contribution >= 4 is 26.7 Å². The van der Waals surface area contributed by atoms with Crippen molar-refractivity contribution in [2.75, 3.05) is 0 Å². The first-order chi connectivity index (χ1) is 9.83. The van der Waals surface area contributed by atoms with Crippen molar-refractivity contribution in [3.63, 3.8) is 0 Å². The minimum atomic E-state index is 0.774. The maximum atomic E-state index is 4.36. The zero-order valence-corrected chi connectivity index (χ0v) is 12.6. The van der Waals surface area contributed by atoms with E-state index in [1.807, 2.05) is 18.3 Å². The number of rotatable bonds is 4. The summed E-state index contributed by atoms with van der Waals surface area (Å²) in [7, 11) is 0. The monoisotopic (exact) mass is 326 g/mol. The van der Waals surface area contributed by atoms with E-state index in [2.05, 4.69) is 68.7 Å². The van der Waals surface area contributed by atoms with Gasteiger partial charge in [-0.25, -0.2) is 0 Å². The fourth-order valence-corrected chi connectivity index (χ4v) is 2.52. The third-order valence-electron chi connectivity index (χ3n) is 3.29. The molecule has 2 aromatic carbocycles. The van der Waals surface area contributed by atoms with E-state index in [1.165, 1.54) is 16.3 Å². The van der Waals surface area contributed by atoms with E-state index in [9.17, 15) is 0 Å². The van der Waals surface area contributed by atoms with E-state index < -0.39 is 0 Å². The van der Waals surface area contributed by atoms with Crippen LogP contribution in [0, 0.1) is 0 Å². The summed E-state index contributed by atoms with van der Waals surface area (Å²) in [5.41, 5.74) is 2.37. The van der Waals surface area contributed by atoms with Crippen LogP contribution in [-0.4, -0.2) is 4.98 Å². The number of nitrogens with one attached hydrogen (secondary N) is 1. The van der Waals surface area contributed by atoms with Gasteiger partial charge in [0, 0.05) is 23.8 Å². The number of halogens is 1. The molecule has 0 spiro atoms. The van der Waals surface area contributed by atoms with Gasteiger partial charge in [-0.05, 0) is 44.4 Å². The molecule has 0 radical (unpaired) electrons. The SMILES string of the molecule is Brc1ccc(CNCc2cccc3ccccc23)nc1. The Morgan fingerprint density at radius 3 is 2.60 bits per heavy atom. The minimum Gasteiger partial charge on any atom is -0.307 e. The molecule has 0 bridgehead atoms. The summed E-state index contributed by atoms with van der Waals surface area (Å²) in [5, 5.41) is 6.05. The Hall–Kier alpha value is -1.71. The van der Waals surface area contributed by atoms with Gasteiger partial charge in [0.05, 0.1) is 5.69 Å². The number of nitrogens with zero attached hydrogens (tertiary/aromatic N) is 1. The zero-order valence-electron chi connectivity index (χ0n) is 11.0. The van der Waals surface area contributed by atoms with Crippen molar-refractivity contribution in [3.05, 3.63) is 76.5 Å². The van der Waals surface area contributed by atoms with Gasteiger partial charge in [0.2, 0.25) is 0 Å². The molecule has 1 aromatic heterocycles. The molecule has 0 saturated carbocycles. The molecule has 0 saturated heterocycles. The van der Waals surface area contributed by atoms with Crippen molar-refractivity contribution in [1.82, 2.24) is 10.3 Å². The van der Waals surface area contributed by atoms with Crippen LogP contribution in [0.15, 0.2) is 65.3 Å². The molecule has 0 atom stereocenters. The Morgan fingerprint density at radius 2 is 1.75 bits per heavy atom. The van der Waals surface area contributed by atoms with Crippen molar-refractivity contribution in [3.8, 4) is 0 Å². The predicted octanol–water partition coefficient (Wildman–Crippen LogP) is 4.29. The van der Waals surface area contributed by atoms with Gasteiger partial charge in [-0.1, -0.05) is 42.5 Å². The second kappa shape index (κ2) is 6.16. The van der Waals surface area contributed by atoms with Crippen LogP contribution in [0.1, 0.15) is 11.3 Å². The number of hydrogen-bond acceptors (Lipinski definition) is 2. The molecule has 0 fully saturated rings. The lowest BCUT2D eigenvalue weighted by atomic mass is 10.0. The average Bonchev–Trinajstić information content (AvgIpc) is 2.49. The van der Waals surface area contributed by atoms with E-state index in [1.54, 1.807) is 0 Å². The minimum absolute atomic E-state index is 0.774. The van der Waals surface area contributed by atoms with E-state index in [4.69, 9.17) is 0 Å². The predicted molar refractivity (Wildman–Crippen MR) is 86.4 cm³/mol. The molecular weight excluding hydrogens is 312 g/mol. The van der Waals surface area contributed by atoms with Gasteiger partial charge in [0.25, 0.3) is 0 Å². The summed E-state index contributed by atoms with van der Waals surface area (Å²) < 4.78 is 1.01. The van der Waals surface area contributed by atoms with Gasteiger partial charge >= 0.3 is 0 Å². The second-order valence-corrected chi connectivity index (χ2v) is 5.63. The largest absolute Gasteiger partial charge is 0.307 e. The maximum absolute atomic E-state index is 4.36. The molecule has 1 N–H and O–H groups in total. The zero-order chi connectivity index (χ0) is 13.8. The highest BCUT2D eigenvalue weighted by molar-refractivity contribution is 9.10. The van der Waals surface area contributed by atoms with E-state index in [0.29, 0.717) is 0 Å². The summed E-state index contributed by atoms with van der Waals surface area (Å²) >= 11 is 3.39. The highest BCUT2D eigenvalue weighted by Gasteiger charge is 2.00. The summed E-state index contributed by atoms with van der Waals surface area (Å²) in [6, 6.07) is 18.9. The van der Waals surface area contributed by atoms with Crippen LogP contribution in [0.2, 0.25) is 0 Å². The van der Waals surface area contributed by atoms with Gasteiger partial charge in [-0.2, -0.15) is 0 Å². The van der Waals surface area contributed by atoms with Crippen LogP contribution in [0.4, 0.5) is 0 Å². The van der Waals surface area contributed by atoms with Gasteiger partial charge in [0.1, 0.15) is 0 Å². The second-order valence-electron chi connectivity index (χ2n) is 4.71. The Balaban J connectivity index is 1.69. The first-order valence-electron chi connectivity index (χ1n) is 6.61. The summed E-state index contributed by atoms with van der Waals surface area (Å²) in [4.78, 5) is 4.36. The third kappa shape index (κ3) is 3.06. The van der Waals surface area contributed by atoms with Gasteiger partial charge < -0.3 is 5.32 Å². The van der Waals surface area contributed by atoms with Crippen molar-refractivity contribution in [1.29, 1.82) is 0 Å².